The lowest BCUT2D eigenvalue weighted by Gasteiger charge is -2.57. The molecular formula is C21H36N2O. The van der Waals surface area contributed by atoms with Crippen molar-refractivity contribution in [2.24, 2.45) is 35.5 Å². The van der Waals surface area contributed by atoms with E-state index in [1.54, 1.807) is 0 Å². The predicted octanol–water partition coefficient (Wildman–Crippen LogP) is 4.72. The molecule has 5 aliphatic rings. The average Bonchev–Trinajstić information content (AvgIpc) is 2.44. The summed E-state index contributed by atoms with van der Waals surface area (Å²) in [4.78, 5) is 12.8. The van der Waals surface area contributed by atoms with Crippen molar-refractivity contribution in [3.05, 3.63) is 0 Å². The number of hydrogen-bond acceptors (Lipinski definition) is 1. The van der Waals surface area contributed by atoms with Gasteiger partial charge in [-0.25, -0.2) is 4.79 Å². The van der Waals surface area contributed by atoms with Crippen LogP contribution in [0.15, 0.2) is 0 Å². The summed E-state index contributed by atoms with van der Waals surface area (Å²) in [6.45, 7) is 6.96. The molecule has 0 aromatic heterocycles. The lowest BCUT2D eigenvalue weighted by Crippen LogP contribution is -2.62. The molecule has 0 heterocycles. The summed E-state index contributed by atoms with van der Waals surface area (Å²) < 4.78 is 0. The summed E-state index contributed by atoms with van der Waals surface area (Å²) in [6.07, 6.45) is 11.7. The molecule has 4 bridgehead atoms. The summed E-state index contributed by atoms with van der Waals surface area (Å²) in [5, 5.41) is 6.90. The monoisotopic (exact) mass is 332 g/mol. The molecule has 0 aliphatic heterocycles. The SMILES string of the molecule is CC(C)[C@@H]1CC[C@@H](C)C[C@H]1NC(=O)NC12CC3CC(CC(C3)C1)C2. The number of amides is 2. The maximum Gasteiger partial charge on any atom is 0.315 e. The van der Waals surface area contributed by atoms with Crippen molar-refractivity contribution in [2.75, 3.05) is 0 Å². The molecule has 3 atom stereocenters. The van der Waals surface area contributed by atoms with Gasteiger partial charge >= 0.3 is 6.03 Å². The molecule has 3 nitrogen and oxygen atoms in total. The lowest BCUT2D eigenvalue weighted by atomic mass is 9.53. The third-order valence-electron chi connectivity index (χ3n) is 7.76. The van der Waals surface area contributed by atoms with E-state index < -0.39 is 0 Å². The molecule has 2 amide bonds. The Kier molecular flexibility index (Phi) is 4.33. The molecule has 3 heteroatoms. The first-order chi connectivity index (χ1) is 11.4. The van der Waals surface area contributed by atoms with Crippen molar-refractivity contribution in [2.45, 2.75) is 90.1 Å². The molecule has 5 saturated carbocycles. The molecule has 0 aromatic rings. The fourth-order valence-corrected chi connectivity index (χ4v) is 7.08. The highest BCUT2D eigenvalue weighted by Crippen LogP contribution is 2.55. The van der Waals surface area contributed by atoms with Gasteiger partial charge < -0.3 is 10.6 Å². The number of carbonyl (C=O) groups is 1. The molecule has 0 saturated heterocycles. The van der Waals surface area contributed by atoms with Crippen molar-refractivity contribution in [1.82, 2.24) is 10.6 Å². The van der Waals surface area contributed by atoms with Crippen molar-refractivity contribution in [3.8, 4) is 0 Å². The second-order valence-electron chi connectivity index (χ2n) is 10.2. The maximum absolute atomic E-state index is 12.8. The molecule has 136 valence electrons. The van der Waals surface area contributed by atoms with Gasteiger partial charge in [-0.3, -0.25) is 0 Å². The largest absolute Gasteiger partial charge is 0.335 e. The quantitative estimate of drug-likeness (QED) is 0.772. The molecule has 5 rings (SSSR count). The minimum atomic E-state index is 0.127. The first-order valence-electron chi connectivity index (χ1n) is 10.5. The number of urea groups is 1. The molecule has 5 fully saturated rings. The van der Waals surface area contributed by atoms with Crippen molar-refractivity contribution < 1.29 is 4.79 Å². The van der Waals surface area contributed by atoms with Gasteiger partial charge in [-0.15, -0.1) is 0 Å². The Hall–Kier alpha value is -0.730. The molecule has 2 N–H and O–H groups in total. The Morgan fingerprint density at radius 1 is 0.958 bits per heavy atom. The second kappa shape index (κ2) is 6.21. The van der Waals surface area contributed by atoms with Crippen LogP contribution in [0.2, 0.25) is 0 Å². The molecule has 0 aromatic carbocycles. The van der Waals surface area contributed by atoms with Crippen molar-refractivity contribution >= 4 is 6.03 Å². The van der Waals surface area contributed by atoms with Gasteiger partial charge in [0.1, 0.15) is 0 Å². The van der Waals surface area contributed by atoms with Crippen molar-refractivity contribution in [1.29, 1.82) is 0 Å². The van der Waals surface area contributed by atoms with E-state index in [2.05, 4.69) is 31.4 Å². The molecule has 24 heavy (non-hydrogen) atoms. The third kappa shape index (κ3) is 3.20. The minimum Gasteiger partial charge on any atom is -0.335 e. The fraction of sp³-hybridized carbons (Fsp3) is 0.952. The van der Waals surface area contributed by atoms with Gasteiger partial charge in [0.15, 0.2) is 0 Å². The van der Waals surface area contributed by atoms with Crippen LogP contribution < -0.4 is 10.6 Å². The maximum atomic E-state index is 12.8. The Morgan fingerprint density at radius 3 is 2.08 bits per heavy atom. The average molecular weight is 333 g/mol. The van der Waals surface area contributed by atoms with E-state index >= 15 is 0 Å². The lowest BCUT2D eigenvalue weighted by molar-refractivity contribution is -0.0139. The Balaban J connectivity index is 1.39. The second-order valence-corrected chi connectivity index (χ2v) is 10.2. The molecule has 0 spiro atoms. The van der Waals surface area contributed by atoms with Crippen LogP contribution in [0.1, 0.15) is 78.6 Å². The van der Waals surface area contributed by atoms with Crippen molar-refractivity contribution in [3.63, 3.8) is 0 Å². The topological polar surface area (TPSA) is 41.1 Å². The van der Waals surface area contributed by atoms with Gasteiger partial charge in [0.2, 0.25) is 0 Å². The molecule has 0 unspecified atom stereocenters. The normalized spacial score (nSPS) is 47.0. The van der Waals surface area contributed by atoms with Crippen LogP contribution >= 0.6 is 0 Å². The minimum absolute atomic E-state index is 0.127. The van der Waals surface area contributed by atoms with Crippen LogP contribution in [0.3, 0.4) is 0 Å². The molecular weight excluding hydrogens is 296 g/mol. The summed E-state index contributed by atoms with van der Waals surface area (Å²) in [7, 11) is 0. The fourth-order valence-electron chi connectivity index (χ4n) is 7.08. The van der Waals surface area contributed by atoms with Gasteiger partial charge in [-0.2, -0.15) is 0 Å². The highest BCUT2D eigenvalue weighted by Gasteiger charge is 2.51. The number of rotatable bonds is 3. The summed E-state index contributed by atoms with van der Waals surface area (Å²) >= 11 is 0. The van der Waals surface area contributed by atoms with E-state index in [4.69, 9.17) is 0 Å². The predicted molar refractivity (Wildman–Crippen MR) is 97.7 cm³/mol. The summed E-state index contributed by atoms with van der Waals surface area (Å²) in [5.41, 5.74) is 0.131. The Bertz CT molecular complexity index is 451. The number of carbonyl (C=O) groups excluding carboxylic acids is 1. The first-order valence-corrected chi connectivity index (χ1v) is 10.5. The summed E-state index contributed by atoms with van der Waals surface area (Å²) in [5.74, 6) is 4.69. The van der Waals surface area contributed by atoms with E-state index in [1.807, 2.05) is 0 Å². The van der Waals surface area contributed by atoms with Crippen LogP contribution in [0, 0.1) is 35.5 Å². The standard InChI is InChI=1S/C21H36N2O/c1-13(2)18-5-4-14(3)6-19(18)22-20(24)23-21-10-15-7-16(11-21)9-17(8-15)12-21/h13-19H,4-12H2,1-3H3,(H2,22,23,24)/t14-,15?,16?,17?,18+,19-,21?/m1/s1. The van der Waals surface area contributed by atoms with Gasteiger partial charge in [0.25, 0.3) is 0 Å². The highest BCUT2D eigenvalue weighted by atomic mass is 16.2. The van der Waals surface area contributed by atoms with Gasteiger partial charge in [-0.05, 0) is 86.9 Å². The van der Waals surface area contributed by atoms with E-state index in [1.165, 1.54) is 51.4 Å². The summed E-state index contributed by atoms with van der Waals surface area (Å²) in [6, 6.07) is 0.490. The van der Waals surface area contributed by atoms with Gasteiger partial charge in [0.05, 0.1) is 0 Å². The Labute approximate surface area is 147 Å². The van der Waals surface area contributed by atoms with E-state index in [-0.39, 0.29) is 11.6 Å². The zero-order valence-corrected chi connectivity index (χ0v) is 15.8. The zero-order valence-electron chi connectivity index (χ0n) is 15.8. The number of hydrogen-bond donors (Lipinski definition) is 2. The third-order valence-corrected chi connectivity index (χ3v) is 7.76. The molecule has 0 radical (unpaired) electrons. The van der Waals surface area contributed by atoms with E-state index in [9.17, 15) is 4.79 Å². The highest BCUT2D eigenvalue weighted by molar-refractivity contribution is 5.75. The van der Waals surface area contributed by atoms with Gasteiger partial charge in [-0.1, -0.05) is 27.2 Å². The van der Waals surface area contributed by atoms with Crippen LogP contribution in [-0.2, 0) is 0 Å². The zero-order chi connectivity index (χ0) is 16.9. The molecule has 5 aliphatic carbocycles. The van der Waals surface area contributed by atoms with Crippen LogP contribution in [-0.4, -0.2) is 17.6 Å². The van der Waals surface area contributed by atoms with E-state index in [0.717, 1.165) is 30.1 Å². The van der Waals surface area contributed by atoms with Crippen LogP contribution in [0.4, 0.5) is 4.79 Å². The smallest absolute Gasteiger partial charge is 0.315 e. The first kappa shape index (κ1) is 16.7. The van der Waals surface area contributed by atoms with Crippen LogP contribution in [0.5, 0.6) is 0 Å². The number of nitrogens with one attached hydrogen (secondary N) is 2. The van der Waals surface area contributed by atoms with Crippen LogP contribution in [0.25, 0.3) is 0 Å². The Morgan fingerprint density at radius 2 is 1.54 bits per heavy atom. The van der Waals surface area contributed by atoms with E-state index in [0.29, 0.717) is 17.9 Å². The van der Waals surface area contributed by atoms with Gasteiger partial charge in [0, 0.05) is 11.6 Å².